The maximum atomic E-state index is 12.1. The first-order chi connectivity index (χ1) is 12.4. The van der Waals surface area contributed by atoms with E-state index in [0.717, 1.165) is 0 Å². The Morgan fingerprint density at radius 1 is 1.08 bits per heavy atom. The minimum atomic E-state index is -1.06. The molecular formula is C18H18ClN3O4. The van der Waals surface area contributed by atoms with Crippen LogP contribution < -0.4 is 10.6 Å². The lowest BCUT2D eigenvalue weighted by Crippen LogP contribution is -2.42. The molecule has 8 heteroatoms. The number of rotatable bonds is 6. The highest BCUT2D eigenvalue weighted by atomic mass is 35.5. The van der Waals surface area contributed by atoms with E-state index < -0.39 is 29.9 Å². The summed E-state index contributed by atoms with van der Waals surface area (Å²) < 4.78 is 5.09. The number of amides is 2. The predicted octanol–water partition coefficient (Wildman–Crippen LogP) is 2.42. The Labute approximate surface area is 155 Å². The van der Waals surface area contributed by atoms with E-state index in [1.54, 1.807) is 36.4 Å². The van der Waals surface area contributed by atoms with Crippen LogP contribution in [0, 0.1) is 0 Å². The summed E-state index contributed by atoms with van der Waals surface area (Å²) in [5.74, 6) is -1.39. The van der Waals surface area contributed by atoms with Gasteiger partial charge >= 0.3 is 5.97 Å². The first-order valence-corrected chi connectivity index (χ1v) is 8.23. The number of hydrogen-bond acceptors (Lipinski definition) is 5. The molecule has 136 valence electrons. The van der Waals surface area contributed by atoms with Crippen LogP contribution in [-0.4, -0.2) is 34.9 Å². The monoisotopic (exact) mass is 375 g/mol. The number of carbonyl (C=O) groups excluding carboxylic acids is 3. The molecule has 1 aromatic heterocycles. The van der Waals surface area contributed by atoms with Crippen molar-refractivity contribution in [3.63, 3.8) is 0 Å². The normalized spacial score (nSPS) is 12.6. The van der Waals surface area contributed by atoms with Gasteiger partial charge in [-0.25, -0.2) is 9.78 Å². The van der Waals surface area contributed by atoms with Gasteiger partial charge in [0, 0.05) is 11.8 Å². The first kappa shape index (κ1) is 19.4. The Bertz CT molecular complexity index is 781. The molecule has 0 aliphatic rings. The Morgan fingerprint density at radius 3 is 2.38 bits per heavy atom. The zero-order valence-electron chi connectivity index (χ0n) is 14.2. The zero-order valence-corrected chi connectivity index (χ0v) is 15.0. The summed E-state index contributed by atoms with van der Waals surface area (Å²) in [5, 5.41) is 5.47. The molecule has 1 aromatic carbocycles. The molecule has 2 atom stereocenters. The summed E-state index contributed by atoms with van der Waals surface area (Å²) in [4.78, 5) is 40.1. The van der Waals surface area contributed by atoms with E-state index in [2.05, 4.69) is 15.6 Å². The van der Waals surface area contributed by atoms with Gasteiger partial charge in [-0.3, -0.25) is 9.59 Å². The van der Waals surface area contributed by atoms with Gasteiger partial charge in [-0.15, -0.1) is 0 Å². The van der Waals surface area contributed by atoms with Crippen LogP contribution in [0.25, 0.3) is 0 Å². The average Bonchev–Trinajstić information content (AvgIpc) is 2.64. The zero-order chi connectivity index (χ0) is 19.1. The van der Waals surface area contributed by atoms with Crippen molar-refractivity contribution in [1.29, 1.82) is 0 Å². The minimum Gasteiger partial charge on any atom is -0.451 e. The molecule has 2 amide bonds. The van der Waals surface area contributed by atoms with Gasteiger partial charge in [-0.2, -0.15) is 0 Å². The number of nitrogens with zero attached hydrogens (tertiary/aromatic N) is 1. The van der Waals surface area contributed by atoms with Crippen LogP contribution in [0.4, 0.5) is 5.82 Å². The molecule has 2 N–H and O–H groups in total. The van der Waals surface area contributed by atoms with Crippen molar-refractivity contribution < 1.29 is 19.1 Å². The molecule has 0 aliphatic carbocycles. The second-order valence-electron chi connectivity index (χ2n) is 5.49. The molecule has 0 fully saturated rings. The third kappa shape index (κ3) is 5.56. The Kier molecular flexibility index (Phi) is 6.68. The topological polar surface area (TPSA) is 97.4 Å². The molecule has 0 saturated heterocycles. The lowest BCUT2D eigenvalue weighted by molar-refractivity contribution is -0.154. The minimum absolute atomic E-state index is 0.285. The molecule has 0 aliphatic heterocycles. The van der Waals surface area contributed by atoms with Crippen LogP contribution in [0.1, 0.15) is 24.2 Å². The molecule has 1 heterocycles. The fourth-order valence-electron chi connectivity index (χ4n) is 1.94. The smallest absolute Gasteiger partial charge is 0.329 e. The van der Waals surface area contributed by atoms with Gasteiger partial charge in [0.1, 0.15) is 11.9 Å². The van der Waals surface area contributed by atoms with Crippen LogP contribution in [0.3, 0.4) is 0 Å². The van der Waals surface area contributed by atoms with Gasteiger partial charge in [0.2, 0.25) is 0 Å². The molecule has 0 radical (unpaired) electrons. The van der Waals surface area contributed by atoms with E-state index in [-0.39, 0.29) is 5.82 Å². The number of anilines is 1. The third-order valence-electron chi connectivity index (χ3n) is 3.38. The fraction of sp³-hybridized carbons (Fsp3) is 0.222. The summed E-state index contributed by atoms with van der Waals surface area (Å²) >= 11 is 5.72. The van der Waals surface area contributed by atoms with E-state index in [4.69, 9.17) is 16.3 Å². The van der Waals surface area contributed by atoms with Gasteiger partial charge < -0.3 is 15.4 Å². The highest BCUT2D eigenvalue weighted by Crippen LogP contribution is 2.10. The van der Waals surface area contributed by atoms with Crippen molar-refractivity contribution >= 4 is 35.2 Å². The summed E-state index contributed by atoms with van der Waals surface area (Å²) in [6, 6.07) is 10.7. The van der Waals surface area contributed by atoms with Crippen molar-refractivity contribution in [2.24, 2.45) is 0 Å². The number of pyridine rings is 1. The lowest BCUT2D eigenvalue weighted by Gasteiger charge is -2.17. The molecule has 7 nitrogen and oxygen atoms in total. The number of benzene rings is 1. The van der Waals surface area contributed by atoms with Gasteiger partial charge in [-0.05, 0) is 38.1 Å². The number of hydrogen-bond donors (Lipinski definition) is 2. The third-order valence-corrected chi connectivity index (χ3v) is 3.60. The maximum absolute atomic E-state index is 12.1. The lowest BCUT2D eigenvalue weighted by atomic mass is 10.2. The SMILES string of the molecule is C[C@H](NC(=O)c1ccccc1)C(=O)O[C@H](C)C(=O)Nc1ccc(Cl)cn1. The van der Waals surface area contributed by atoms with Crippen LogP contribution in [0.2, 0.25) is 5.02 Å². The van der Waals surface area contributed by atoms with Gasteiger partial charge in [0.15, 0.2) is 6.10 Å². The van der Waals surface area contributed by atoms with Crippen molar-refractivity contribution in [3.8, 4) is 0 Å². The molecule has 0 bridgehead atoms. The molecule has 2 rings (SSSR count). The number of aromatic nitrogens is 1. The number of halogens is 1. The predicted molar refractivity (Wildman–Crippen MR) is 96.8 cm³/mol. The van der Waals surface area contributed by atoms with Crippen LogP contribution >= 0.6 is 11.6 Å². The summed E-state index contributed by atoms with van der Waals surface area (Å²) in [6.07, 6.45) is 0.325. The van der Waals surface area contributed by atoms with Gasteiger partial charge in [-0.1, -0.05) is 29.8 Å². The highest BCUT2D eigenvalue weighted by Gasteiger charge is 2.23. The molecule has 0 unspecified atom stereocenters. The van der Waals surface area contributed by atoms with Crippen LogP contribution in [0.15, 0.2) is 48.7 Å². The van der Waals surface area contributed by atoms with E-state index >= 15 is 0 Å². The maximum Gasteiger partial charge on any atom is 0.329 e. The Balaban J connectivity index is 1.86. The number of esters is 1. The van der Waals surface area contributed by atoms with Crippen molar-refractivity contribution in [2.45, 2.75) is 26.0 Å². The van der Waals surface area contributed by atoms with E-state index in [1.165, 1.54) is 26.1 Å². The molecule has 0 saturated carbocycles. The molecule has 26 heavy (non-hydrogen) atoms. The van der Waals surface area contributed by atoms with E-state index in [9.17, 15) is 14.4 Å². The first-order valence-electron chi connectivity index (χ1n) is 7.85. The summed E-state index contributed by atoms with van der Waals surface area (Å²) in [7, 11) is 0. The van der Waals surface area contributed by atoms with Gasteiger partial charge in [0.05, 0.1) is 5.02 Å². The summed E-state index contributed by atoms with van der Waals surface area (Å²) in [5.41, 5.74) is 0.423. The van der Waals surface area contributed by atoms with Crippen LogP contribution in [-0.2, 0) is 14.3 Å². The highest BCUT2D eigenvalue weighted by molar-refractivity contribution is 6.30. The average molecular weight is 376 g/mol. The largest absolute Gasteiger partial charge is 0.451 e. The number of nitrogens with one attached hydrogen (secondary N) is 2. The summed E-state index contributed by atoms with van der Waals surface area (Å²) in [6.45, 7) is 2.91. The van der Waals surface area contributed by atoms with Crippen molar-refractivity contribution in [2.75, 3.05) is 5.32 Å². The number of carbonyl (C=O) groups is 3. The van der Waals surface area contributed by atoms with Gasteiger partial charge in [0.25, 0.3) is 11.8 Å². The fourth-order valence-corrected chi connectivity index (χ4v) is 2.05. The quantitative estimate of drug-likeness (QED) is 0.756. The second kappa shape index (κ2) is 8.96. The van der Waals surface area contributed by atoms with E-state index in [1.807, 2.05) is 0 Å². The van der Waals surface area contributed by atoms with E-state index in [0.29, 0.717) is 10.6 Å². The standard InChI is InChI=1S/C18H18ClN3O4/c1-11(21-17(24)13-6-4-3-5-7-13)18(25)26-12(2)16(23)22-15-9-8-14(19)10-20-15/h3-12H,1-2H3,(H,21,24)(H,20,22,23)/t11-,12+/m0/s1. The van der Waals surface area contributed by atoms with Crippen molar-refractivity contribution in [3.05, 3.63) is 59.2 Å². The second-order valence-corrected chi connectivity index (χ2v) is 5.93. The van der Waals surface area contributed by atoms with Crippen molar-refractivity contribution in [1.82, 2.24) is 10.3 Å². The Hall–Kier alpha value is -2.93. The number of ether oxygens (including phenoxy) is 1. The molecule has 0 spiro atoms. The Morgan fingerprint density at radius 2 is 1.77 bits per heavy atom. The molecular weight excluding hydrogens is 358 g/mol. The van der Waals surface area contributed by atoms with Crippen LogP contribution in [0.5, 0.6) is 0 Å². The molecule has 2 aromatic rings.